The van der Waals surface area contributed by atoms with Crippen LogP contribution in [-0.2, 0) is 6.54 Å². The zero-order chi connectivity index (χ0) is 15.4. The number of nitro groups is 1. The minimum absolute atomic E-state index is 0.137. The summed E-state index contributed by atoms with van der Waals surface area (Å²) in [7, 11) is 0. The highest BCUT2D eigenvalue weighted by Gasteiger charge is 2.17. The maximum Gasteiger partial charge on any atom is 0.284 e. The molecule has 0 aliphatic carbocycles. The number of nitrogens with one attached hydrogen (secondary N) is 1. The number of amides is 1. The van der Waals surface area contributed by atoms with E-state index in [0.717, 1.165) is 0 Å². The molecule has 1 amide bonds. The molecule has 7 nitrogen and oxygen atoms in total. The van der Waals surface area contributed by atoms with Gasteiger partial charge in [0.25, 0.3) is 11.6 Å². The Morgan fingerprint density at radius 3 is 2.95 bits per heavy atom. The van der Waals surface area contributed by atoms with E-state index >= 15 is 0 Å². The molecular weight excluding hydrogens is 340 g/mol. The summed E-state index contributed by atoms with van der Waals surface area (Å²) in [5, 5.41) is 17.7. The van der Waals surface area contributed by atoms with Gasteiger partial charge in [-0.15, -0.1) is 0 Å². The number of benzene rings is 1. The molecule has 0 aliphatic rings. The number of aromatic nitrogens is 2. The van der Waals surface area contributed by atoms with Crippen molar-refractivity contribution in [3.63, 3.8) is 0 Å². The highest BCUT2D eigenvalue weighted by Crippen LogP contribution is 2.25. The van der Waals surface area contributed by atoms with Crippen LogP contribution >= 0.6 is 15.9 Å². The lowest BCUT2D eigenvalue weighted by atomic mass is 10.2. The van der Waals surface area contributed by atoms with E-state index in [0.29, 0.717) is 11.0 Å². The van der Waals surface area contributed by atoms with Gasteiger partial charge in [0.2, 0.25) is 0 Å². The summed E-state index contributed by atoms with van der Waals surface area (Å²) < 4.78 is 2.04. The first kappa shape index (κ1) is 15.2. The Balaban J connectivity index is 2.06. The number of hydrogen-bond donors (Lipinski definition) is 1. The second-order valence-corrected chi connectivity index (χ2v) is 5.38. The molecule has 0 aliphatic heterocycles. The molecule has 0 saturated heterocycles. The highest BCUT2D eigenvalue weighted by atomic mass is 79.9. The fourth-order valence-electron chi connectivity index (χ4n) is 1.84. The first-order valence-electron chi connectivity index (χ1n) is 6.19. The molecule has 2 rings (SSSR count). The van der Waals surface area contributed by atoms with Crippen molar-refractivity contribution >= 4 is 27.5 Å². The molecule has 1 atom stereocenters. The molecule has 8 heteroatoms. The molecule has 0 fully saturated rings. The molecule has 21 heavy (non-hydrogen) atoms. The van der Waals surface area contributed by atoms with Crippen molar-refractivity contribution in [2.24, 2.45) is 0 Å². The lowest BCUT2D eigenvalue weighted by molar-refractivity contribution is -0.385. The second kappa shape index (κ2) is 6.49. The standard InChI is InChI=1S/C13H13BrN4O3/c1-9(8-17-6-2-5-15-17)16-13(19)10-3-4-11(14)12(7-10)18(20)21/h2-7,9H,8H2,1H3,(H,16,19). The molecule has 2 aromatic rings. The molecule has 1 aromatic carbocycles. The fraction of sp³-hybridized carbons (Fsp3) is 0.231. The van der Waals surface area contributed by atoms with E-state index in [4.69, 9.17) is 0 Å². The van der Waals surface area contributed by atoms with Gasteiger partial charge in [-0.2, -0.15) is 5.10 Å². The summed E-state index contributed by atoms with van der Waals surface area (Å²) in [6, 6.07) is 5.92. The SMILES string of the molecule is CC(Cn1cccn1)NC(=O)c1ccc(Br)c([N+](=O)[O-])c1. The van der Waals surface area contributed by atoms with Gasteiger partial charge in [-0.1, -0.05) is 0 Å². The molecule has 0 spiro atoms. The number of nitrogens with zero attached hydrogens (tertiary/aromatic N) is 3. The second-order valence-electron chi connectivity index (χ2n) is 4.53. The van der Waals surface area contributed by atoms with E-state index in [1.165, 1.54) is 18.2 Å². The van der Waals surface area contributed by atoms with Crippen molar-refractivity contribution in [1.82, 2.24) is 15.1 Å². The van der Waals surface area contributed by atoms with Crippen LogP contribution in [0.3, 0.4) is 0 Å². The van der Waals surface area contributed by atoms with Gasteiger partial charge in [0.15, 0.2) is 0 Å². The summed E-state index contributed by atoms with van der Waals surface area (Å²) in [6.07, 6.45) is 3.46. The monoisotopic (exact) mass is 352 g/mol. The zero-order valence-electron chi connectivity index (χ0n) is 11.2. The Kier molecular flexibility index (Phi) is 4.69. The Labute approximate surface area is 129 Å². The van der Waals surface area contributed by atoms with Crippen molar-refractivity contribution in [3.05, 3.63) is 56.8 Å². The first-order valence-corrected chi connectivity index (χ1v) is 6.99. The van der Waals surface area contributed by atoms with Gasteiger partial charge in [-0.25, -0.2) is 0 Å². The largest absolute Gasteiger partial charge is 0.348 e. The van der Waals surface area contributed by atoms with Gasteiger partial charge in [0.05, 0.1) is 15.9 Å². The maximum atomic E-state index is 12.1. The Bertz CT molecular complexity index is 657. The van der Waals surface area contributed by atoms with Crippen LogP contribution in [0.2, 0.25) is 0 Å². The fourth-order valence-corrected chi connectivity index (χ4v) is 2.23. The van der Waals surface area contributed by atoms with Gasteiger partial charge in [0.1, 0.15) is 0 Å². The van der Waals surface area contributed by atoms with E-state index < -0.39 is 4.92 Å². The van der Waals surface area contributed by atoms with Crippen molar-refractivity contribution in [2.75, 3.05) is 0 Å². The third-order valence-corrected chi connectivity index (χ3v) is 3.47. The number of carbonyl (C=O) groups excluding carboxylic acids is 1. The average Bonchev–Trinajstić information content (AvgIpc) is 2.91. The van der Waals surface area contributed by atoms with Crippen molar-refractivity contribution in [2.45, 2.75) is 19.5 Å². The van der Waals surface area contributed by atoms with Crippen LogP contribution in [0, 0.1) is 10.1 Å². The number of nitro benzene ring substituents is 1. The molecule has 1 aromatic heterocycles. The molecule has 0 saturated carbocycles. The Morgan fingerprint density at radius 1 is 1.57 bits per heavy atom. The normalized spacial score (nSPS) is 11.9. The topological polar surface area (TPSA) is 90.1 Å². The minimum Gasteiger partial charge on any atom is -0.348 e. The summed E-state index contributed by atoms with van der Waals surface area (Å²) in [5.41, 5.74) is 0.111. The predicted octanol–water partition coefficient (Wildman–Crippen LogP) is 2.37. The number of hydrogen-bond acceptors (Lipinski definition) is 4. The summed E-state index contributed by atoms with van der Waals surface area (Å²) >= 11 is 3.09. The van der Waals surface area contributed by atoms with Crippen LogP contribution in [0.1, 0.15) is 17.3 Å². The van der Waals surface area contributed by atoms with E-state index in [1.54, 1.807) is 23.1 Å². The Hall–Kier alpha value is -2.22. The van der Waals surface area contributed by atoms with Gasteiger partial charge < -0.3 is 5.32 Å². The lowest BCUT2D eigenvalue weighted by Gasteiger charge is -2.14. The van der Waals surface area contributed by atoms with Crippen LogP contribution in [0.4, 0.5) is 5.69 Å². The maximum absolute atomic E-state index is 12.1. The first-order chi connectivity index (χ1) is 9.97. The number of carbonyl (C=O) groups is 1. The van der Waals surface area contributed by atoms with E-state index in [2.05, 4.69) is 26.3 Å². The van der Waals surface area contributed by atoms with Crippen molar-refractivity contribution < 1.29 is 9.72 Å². The average molecular weight is 353 g/mol. The smallest absolute Gasteiger partial charge is 0.284 e. The minimum atomic E-state index is -0.534. The molecule has 0 radical (unpaired) electrons. The van der Waals surface area contributed by atoms with Crippen molar-refractivity contribution in [3.8, 4) is 0 Å². The molecule has 110 valence electrons. The van der Waals surface area contributed by atoms with E-state index in [-0.39, 0.29) is 23.2 Å². The molecule has 0 bridgehead atoms. The third-order valence-electron chi connectivity index (χ3n) is 2.80. The predicted molar refractivity (Wildman–Crippen MR) is 80.0 cm³/mol. The third kappa shape index (κ3) is 3.88. The van der Waals surface area contributed by atoms with Crippen molar-refractivity contribution in [1.29, 1.82) is 0 Å². The molecular formula is C13H13BrN4O3. The van der Waals surface area contributed by atoms with E-state index in [1.807, 2.05) is 6.92 Å². The Morgan fingerprint density at radius 2 is 2.33 bits per heavy atom. The number of halogens is 1. The van der Waals surface area contributed by atoms with Crippen LogP contribution in [0.25, 0.3) is 0 Å². The van der Waals surface area contributed by atoms with Gasteiger partial charge >= 0.3 is 0 Å². The summed E-state index contributed by atoms with van der Waals surface area (Å²) in [6.45, 7) is 2.37. The highest BCUT2D eigenvalue weighted by molar-refractivity contribution is 9.10. The van der Waals surface area contributed by atoms with Gasteiger partial charge in [-0.05, 0) is 41.1 Å². The quantitative estimate of drug-likeness (QED) is 0.660. The zero-order valence-corrected chi connectivity index (χ0v) is 12.8. The van der Waals surface area contributed by atoms with Gasteiger partial charge in [-0.3, -0.25) is 19.6 Å². The molecule has 1 unspecified atom stereocenters. The van der Waals surface area contributed by atoms with Crippen LogP contribution < -0.4 is 5.32 Å². The summed E-state index contributed by atoms with van der Waals surface area (Å²) in [5.74, 6) is -0.356. The number of rotatable bonds is 5. The lowest BCUT2D eigenvalue weighted by Crippen LogP contribution is -2.35. The molecule has 1 heterocycles. The van der Waals surface area contributed by atoms with Crippen LogP contribution in [0.15, 0.2) is 41.1 Å². The van der Waals surface area contributed by atoms with E-state index in [9.17, 15) is 14.9 Å². The summed E-state index contributed by atoms with van der Waals surface area (Å²) in [4.78, 5) is 22.4. The van der Waals surface area contributed by atoms with Crippen LogP contribution in [-0.4, -0.2) is 26.7 Å². The molecule has 1 N–H and O–H groups in total. The van der Waals surface area contributed by atoms with Gasteiger partial charge in [0, 0.05) is 30.1 Å². The van der Waals surface area contributed by atoms with Crippen LogP contribution in [0.5, 0.6) is 0 Å².